The van der Waals surface area contributed by atoms with E-state index >= 15 is 0 Å². The summed E-state index contributed by atoms with van der Waals surface area (Å²) >= 11 is 0. The van der Waals surface area contributed by atoms with E-state index in [4.69, 9.17) is 5.11 Å². The summed E-state index contributed by atoms with van der Waals surface area (Å²) in [7, 11) is 0. The molecule has 0 saturated carbocycles. The molecule has 2 rings (SSSR count). The highest BCUT2D eigenvalue weighted by molar-refractivity contribution is 5.79. The van der Waals surface area contributed by atoms with Crippen molar-refractivity contribution >= 4 is 10.9 Å². The molecule has 0 radical (unpaired) electrons. The van der Waals surface area contributed by atoms with Crippen LogP contribution in [0.2, 0.25) is 0 Å². The second-order valence-electron chi connectivity index (χ2n) is 2.87. The lowest BCUT2D eigenvalue weighted by Crippen LogP contribution is -1.80. The van der Waals surface area contributed by atoms with Crippen molar-refractivity contribution in [1.82, 2.24) is 4.98 Å². The van der Waals surface area contributed by atoms with Crippen LogP contribution in [0.25, 0.3) is 10.9 Å². The van der Waals surface area contributed by atoms with Crippen LogP contribution in [0.5, 0.6) is 0 Å². The first-order valence-electron chi connectivity index (χ1n) is 4.34. The van der Waals surface area contributed by atoms with Gasteiger partial charge in [-0.2, -0.15) is 0 Å². The summed E-state index contributed by atoms with van der Waals surface area (Å²) in [6.45, 7) is -0.111. The number of hydrogen-bond donors (Lipinski definition) is 1. The van der Waals surface area contributed by atoms with Crippen molar-refractivity contribution in [3.05, 3.63) is 42.1 Å². The Bertz CT molecular complexity index is 508. The maximum atomic E-state index is 8.55. The number of nitrogens with zero attached hydrogens (tertiary/aromatic N) is 1. The van der Waals surface area contributed by atoms with Gasteiger partial charge < -0.3 is 5.11 Å². The largest absolute Gasteiger partial charge is 0.384 e. The van der Waals surface area contributed by atoms with E-state index < -0.39 is 0 Å². The second-order valence-corrected chi connectivity index (χ2v) is 2.87. The first kappa shape index (κ1) is 8.74. The molecule has 0 aliphatic heterocycles. The second kappa shape index (κ2) is 3.91. The number of pyridine rings is 1. The third kappa shape index (κ3) is 1.73. The highest BCUT2D eigenvalue weighted by atomic mass is 16.2. The molecule has 2 aromatic rings. The topological polar surface area (TPSA) is 33.1 Å². The molecule has 1 heterocycles. The molecule has 68 valence electrons. The summed E-state index contributed by atoms with van der Waals surface area (Å²) in [6, 6.07) is 9.72. The number of rotatable bonds is 0. The fraction of sp³-hybridized carbons (Fsp3) is 0.0833. The molecule has 14 heavy (non-hydrogen) atoms. The van der Waals surface area contributed by atoms with Crippen LogP contribution in [0.4, 0.5) is 0 Å². The van der Waals surface area contributed by atoms with E-state index in [1.54, 1.807) is 6.20 Å². The molecule has 0 fully saturated rings. The van der Waals surface area contributed by atoms with Gasteiger partial charge in [0, 0.05) is 17.1 Å². The molecule has 0 aliphatic rings. The Kier molecular flexibility index (Phi) is 2.44. The number of fused-ring (bicyclic) bond motifs is 1. The normalized spacial score (nSPS) is 9.50. The third-order valence-corrected chi connectivity index (χ3v) is 1.92. The molecule has 2 nitrogen and oxygen atoms in total. The molecule has 0 spiro atoms. The van der Waals surface area contributed by atoms with Crippen LogP contribution in [0.3, 0.4) is 0 Å². The van der Waals surface area contributed by atoms with Crippen molar-refractivity contribution in [3.8, 4) is 11.8 Å². The van der Waals surface area contributed by atoms with Gasteiger partial charge in [0.2, 0.25) is 0 Å². The molecule has 0 atom stereocenters. The summed E-state index contributed by atoms with van der Waals surface area (Å²) in [6.07, 6.45) is 1.76. The van der Waals surface area contributed by atoms with Crippen molar-refractivity contribution in [1.29, 1.82) is 0 Å². The van der Waals surface area contributed by atoms with Crippen LogP contribution >= 0.6 is 0 Å². The number of aliphatic hydroxyl groups is 1. The van der Waals surface area contributed by atoms with Crippen molar-refractivity contribution < 1.29 is 5.11 Å². The maximum absolute atomic E-state index is 8.55. The molecule has 2 heteroatoms. The summed E-state index contributed by atoms with van der Waals surface area (Å²) in [4.78, 5) is 4.22. The van der Waals surface area contributed by atoms with E-state index in [-0.39, 0.29) is 6.61 Å². The monoisotopic (exact) mass is 183 g/mol. The zero-order chi connectivity index (χ0) is 9.80. The molecule has 0 saturated heterocycles. The summed E-state index contributed by atoms with van der Waals surface area (Å²) < 4.78 is 0. The fourth-order valence-electron chi connectivity index (χ4n) is 1.29. The molecule has 0 unspecified atom stereocenters. The lowest BCUT2D eigenvalue weighted by Gasteiger charge is -1.95. The van der Waals surface area contributed by atoms with Gasteiger partial charge in [0.05, 0.1) is 5.52 Å². The van der Waals surface area contributed by atoms with Gasteiger partial charge in [-0.05, 0) is 18.2 Å². The van der Waals surface area contributed by atoms with Crippen LogP contribution in [0, 0.1) is 11.8 Å². The van der Waals surface area contributed by atoms with Gasteiger partial charge in [-0.3, -0.25) is 4.98 Å². The zero-order valence-electron chi connectivity index (χ0n) is 7.57. The number of aliphatic hydroxyl groups excluding tert-OH is 1. The van der Waals surface area contributed by atoms with E-state index in [0.29, 0.717) is 0 Å². The lowest BCUT2D eigenvalue weighted by atomic mass is 10.1. The van der Waals surface area contributed by atoms with E-state index in [0.717, 1.165) is 16.5 Å². The Labute approximate surface area is 82.2 Å². The maximum Gasteiger partial charge on any atom is 0.104 e. The predicted octanol–water partition coefficient (Wildman–Crippen LogP) is 1.58. The van der Waals surface area contributed by atoms with Crippen molar-refractivity contribution in [3.63, 3.8) is 0 Å². The Morgan fingerprint density at radius 1 is 1.29 bits per heavy atom. The molecule has 1 aromatic heterocycles. The van der Waals surface area contributed by atoms with Crippen molar-refractivity contribution in [2.75, 3.05) is 6.61 Å². The minimum Gasteiger partial charge on any atom is -0.384 e. The van der Waals surface area contributed by atoms with E-state index in [2.05, 4.69) is 16.8 Å². The number of benzene rings is 1. The van der Waals surface area contributed by atoms with Crippen LogP contribution in [-0.2, 0) is 0 Å². The SMILES string of the molecule is OCC#Cc1ccc2cccnc2c1. The van der Waals surface area contributed by atoms with Gasteiger partial charge in [-0.1, -0.05) is 24.0 Å². The molecular formula is C12H9NO. The summed E-state index contributed by atoms with van der Waals surface area (Å²) in [5.74, 6) is 5.45. The molecule has 0 bridgehead atoms. The first-order chi connectivity index (χ1) is 6.90. The highest BCUT2D eigenvalue weighted by Gasteiger charge is 1.93. The van der Waals surface area contributed by atoms with E-state index in [9.17, 15) is 0 Å². The van der Waals surface area contributed by atoms with Gasteiger partial charge in [-0.15, -0.1) is 0 Å². The van der Waals surface area contributed by atoms with Crippen molar-refractivity contribution in [2.45, 2.75) is 0 Å². The molecule has 1 aromatic carbocycles. The Hall–Kier alpha value is -1.85. The van der Waals surface area contributed by atoms with Crippen LogP contribution in [0.15, 0.2) is 36.5 Å². The van der Waals surface area contributed by atoms with Gasteiger partial charge in [0.1, 0.15) is 6.61 Å². The quantitative estimate of drug-likeness (QED) is 0.629. The Morgan fingerprint density at radius 2 is 2.21 bits per heavy atom. The minimum absolute atomic E-state index is 0.111. The van der Waals surface area contributed by atoms with E-state index in [1.807, 2.05) is 30.3 Å². The lowest BCUT2D eigenvalue weighted by molar-refractivity contribution is 0.350. The first-order valence-corrected chi connectivity index (χ1v) is 4.34. The summed E-state index contributed by atoms with van der Waals surface area (Å²) in [5, 5.41) is 9.65. The smallest absolute Gasteiger partial charge is 0.104 e. The van der Waals surface area contributed by atoms with Crippen molar-refractivity contribution in [2.24, 2.45) is 0 Å². The van der Waals surface area contributed by atoms with Gasteiger partial charge in [-0.25, -0.2) is 0 Å². The van der Waals surface area contributed by atoms with E-state index in [1.165, 1.54) is 0 Å². The third-order valence-electron chi connectivity index (χ3n) is 1.92. The molecule has 1 N–H and O–H groups in total. The minimum atomic E-state index is -0.111. The van der Waals surface area contributed by atoms with Gasteiger partial charge >= 0.3 is 0 Å². The molecule has 0 amide bonds. The molecule has 0 aliphatic carbocycles. The van der Waals surface area contributed by atoms with Gasteiger partial charge in [0.25, 0.3) is 0 Å². The zero-order valence-corrected chi connectivity index (χ0v) is 7.57. The Morgan fingerprint density at radius 3 is 3.07 bits per heavy atom. The average molecular weight is 183 g/mol. The van der Waals surface area contributed by atoms with Crippen LogP contribution in [0.1, 0.15) is 5.56 Å². The fourth-order valence-corrected chi connectivity index (χ4v) is 1.29. The predicted molar refractivity (Wildman–Crippen MR) is 55.7 cm³/mol. The number of aromatic nitrogens is 1. The standard InChI is InChI=1S/C12H9NO/c14-8-2-3-10-5-6-11-4-1-7-13-12(11)9-10/h1,4-7,9,14H,8H2. The summed E-state index contributed by atoms with van der Waals surface area (Å²) in [5.41, 5.74) is 1.81. The highest BCUT2D eigenvalue weighted by Crippen LogP contribution is 2.12. The number of hydrogen-bond acceptors (Lipinski definition) is 2. The van der Waals surface area contributed by atoms with Crippen LogP contribution < -0.4 is 0 Å². The average Bonchev–Trinajstić information content (AvgIpc) is 2.26. The van der Waals surface area contributed by atoms with Gasteiger partial charge in [0.15, 0.2) is 0 Å². The van der Waals surface area contributed by atoms with Crippen LogP contribution in [-0.4, -0.2) is 16.7 Å². The molecular weight excluding hydrogens is 174 g/mol. The Balaban J connectivity index is 2.51.